The summed E-state index contributed by atoms with van der Waals surface area (Å²) in [4.78, 5) is 0. The van der Waals surface area contributed by atoms with Gasteiger partial charge in [-0.3, -0.25) is 6.08 Å². The van der Waals surface area contributed by atoms with Gasteiger partial charge >= 0.3 is 21.7 Å². The average molecular weight is 421 g/mol. The minimum absolute atomic E-state index is 0. The van der Waals surface area contributed by atoms with Gasteiger partial charge in [-0.25, -0.2) is 12.2 Å². The average Bonchev–Trinajstić information content (AvgIpc) is 3.31. The zero-order chi connectivity index (χ0) is 15.0. The second-order valence-electron chi connectivity index (χ2n) is 4.95. The molecular formula is C21H19Cl2PTi. The number of allylic oxidation sites excluding steroid dienone is 4. The van der Waals surface area contributed by atoms with E-state index in [1.165, 1.54) is 29.9 Å². The Kier molecular flexibility index (Phi) is 12.7. The van der Waals surface area contributed by atoms with Crippen molar-refractivity contribution in [3.8, 4) is 21.7 Å². The first-order valence-electron chi connectivity index (χ1n) is 7.40. The number of benzene rings is 2. The summed E-state index contributed by atoms with van der Waals surface area (Å²) >= 11 is 0. The summed E-state index contributed by atoms with van der Waals surface area (Å²) in [6.07, 6.45) is 10.0. The third-order valence-electron chi connectivity index (χ3n) is 3.36. The van der Waals surface area contributed by atoms with E-state index in [1.54, 1.807) is 0 Å². The van der Waals surface area contributed by atoms with E-state index in [0.717, 1.165) is 6.42 Å². The van der Waals surface area contributed by atoms with E-state index in [-0.39, 0.29) is 46.5 Å². The Bertz CT molecular complexity index is 701. The second kappa shape index (κ2) is 13.2. The molecule has 126 valence electrons. The topological polar surface area (TPSA) is 0 Å². The molecule has 1 aromatic heterocycles. The van der Waals surface area contributed by atoms with Crippen LogP contribution in [0.5, 0.6) is 0 Å². The van der Waals surface area contributed by atoms with Crippen molar-refractivity contribution in [2.24, 2.45) is 0 Å². The third kappa shape index (κ3) is 7.41. The van der Waals surface area contributed by atoms with Crippen molar-refractivity contribution in [3.05, 3.63) is 97.1 Å². The number of hydrogen-bond acceptors (Lipinski definition) is 0. The molecule has 0 unspecified atom stereocenters. The van der Waals surface area contributed by atoms with Crippen LogP contribution in [0, 0.1) is 6.08 Å². The predicted octanol–water partition coefficient (Wildman–Crippen LogP) is 7.47. The van der Waals surface area contributed by atoms with Crippen LogP contribution in [0.25, 0.3) is 21.7 Å². The Labute approximate surface area is 179 Å². The molecule has 1 aliphatic carbocycles. The minimum atomic E-state index is 0. The number of halogens is 2. The van der Waals surface area contributed by atoms with E-state index in [2.05, 4.69) is 84.9 Å². The van der Waals surface area contributed by atoms with Crippen LogP contribution in [0.15, 0.2) is 91.0 Å². The standard InChI is InChI=1S/C16H12P.C5H5.2ClH.Ti/c1-3-7-13(8-4-1)15-11-12-16(17-15)14-9-5-2-6-10-14;1-2-4-5-3-1;;;/h1-12H;1-3H,4H2;2*1H;/q2*-1;;;+2. The Morgan fingerprint density at radius 3 is 2.00 bits per heavy atom. The van der Waals surface area contributed by atoms with Gasteiger partial charge in [-0.2, -0.15) is 14.3 Å². The molecule has 0 atom stereocenters. The monoisotopic (exact) mass is 420 g/mol. The van der Waals surface area contributed by atoms with Crippen LogP contribution in [0.3, 0.4) is 0 Å². The maximum atomic E-state index is 2.99. The van der Waals surface area contributed by atoms with Crippen LogP contribution in [0.4, 0.5) is 0 Å². The molecule has 4 rings (SSSR count). The van der Waals surface area contributed by atoms with Crippen molar-refractivity contribution in [2.45, 2.75) is 6.42 Å². The summed E-state index contributed by atoms with van der Waals surface area (Å²) in [6, 6.07) is 25.6. The van der Waals surface area contributed by atoms with Gasteiger partial charge in [0.05, 0.1) is 0 Å². The largest absolute Gasteiger partial charge is 2.00 e. The summed E-state index contributed by atoms with van der Waals surface area (Å²) in [7, 11) is 1.30. The normalized spacial score (nSPS) is 10.9. The van der Waals surface area contributed by atoms with E-state index in [9.17, 15) is 0 Å². The number of rotatable bonds is 2. The van der Waals surface area contributed by atoms with Gasteiger partial charge < -0.3 is 0 Å². The molecule has 0 spiro atoms. The van der Waals surface area contributed by atoms with Crippen molar-refractivity contribution in [3.63, 3.8) is 0 Å². The molecule has 2 aromatic carbocycles. The van der Waals surface area contributed by atoms with E-state index in [4.69, 9.17) is 0 Å². The van der Waals surface area contributed by atoms with Crippen LogP contribution in [0.2, 0.25) is 0 Å². The predicted molar refractivity (Wildman–Crippen MR) is 111 cm³/mol. The van der Waals surface area contributed by atoms with Gasteiger partial charge in [-0.15, -0.1) is 61.1 Å². The van der Waals surface area contributed by atoms with E-state index < -0.39 is 0 Å². The first-order chi connectivity index (χ1) is 10.9. The fourth-order valence-electron chi connectivity index (χ4n) is 2.24. The Morgan fingerprint density at radius 1 is 0.840 bits per heavy atom. The maximum Gasteiger partial charge on any atom is 2.00 e. The molecule has 0 aliphatic heterocycles. The summed E-state index contributed by atoms with van der Waals surface area (Å²) in [5.74, 6) is 0. The van der Waals surface area contributed by atoms with E-state index in [1.807, 2.05) is 12.2 Å². The first-order valence-corrected chi connectivity index (χ1v) is 8.29. The van der Waals surface area contributed by atoms with E-state index in [0.29, 0.717) is 0 Å². The molecule has 4 heteroatoms. The second-order valence-corrected chi connectivity index (χ2v) is 6.14. The summed E-state index contributed by atoms with van der Waals surface area (Å²) < 4.78 is 0. The van der Waals surface area contributed by atoms with Crippen LogP contribution in [-0.2, 0) is 21.7 Å². The molecule has 0 bridgehead atoms. The molecule has 0 fully saturated rings. The molecule has 0 saturated carbocycles. The molecule has 1 heterocycles. The zero-order valence-corrected chi connectivity index (χ0v) is 17.7. The van der Waals surface area contributed by atoms with Crippen LogP contribution in [-0.4, -0.2) is 0 Å². The summed E-state index contributed by atoms with van der Waals surface area (Å²) in [6.45, 7) is 0. The van der Waals surface area contributed by atoms with Crippen LogP contribution in [0.1, 0.15) is 6.42 Å². The number of hydrogen-bond donors (Lipinski definition) is 0. The fourth-order valence-corrected chi connectivity index (χ4v) is 3.36. The van der Waals surface area contributed by atoms with Gasteiger partial charge in [0.25, 0.3) is 0 Å². The van der Waals surface area contributed by atoms with Crippen molar-refractivity contribution in [1.29, 1.82) is 0 Å². The molecule has 0 amide bonds. The molecule has 0 radical (unpaired) electrons. The van der Waals surface area contributed by atoms with Crippen molar-refractivity contribution >= 4 is 33.0 Å². The molecule has 0 N–H and O–H groups in total. The molecule has 0 nitrogen and oxygen atoms in total. The maximum absolute atomic E-state index is 2.99. The SMILES string of the molecule is Cl.Cl.[C-]1=CC=CC1.[Ti+2].c1ccc(-c2cc[c-](-c3ccccc3)p2)cc1. The summed E-state index contributed by atoms with van der Waals surface area (Å²) in [5, 5.41) is 2.76. The Balaban J connectivity index is 0.000000630. The third-order valence-corrected chi connectivity index (χ3v) is 4.66. The molecular weight excluding hydrogens is 402 g/mol. The Morgan fingerprint density at radius 2 is 1.48 bits per heavy atom. The van der Waals surface area contributed by atoms with Crippen molar-refractivity contribution in [1.82, 2.24) is 0 Å². The molecule has 25 heavy (non-hydrogen) atoms. The molecule has 3 aromatic rings. The Hall–Kier alpha value is -1.01. The summed E-state index contributed by atoms with van der Waals surface area (Å²) in [5.41, 5.74) is 2.63. The quantitative estimate of drug-likeness (QED) is 0.298. The van der Waals surface area contributed by atoms with Gasteiger partial charge in [0.15, 0.2) is 0 Å². The zero-order valence-electron chi connectivity index (χ0n) is 13.6. The first kappa shape index (κ1) is 24.0. The van der Waals surface area contributed by atoms with Crippen LogP contribution < -0.4 is 0 Å². The molecule has 1 aliphatic rings. The van der Waals surface area contributed by atoms with E-state index >= 15 is 0 Å². The van der Waals surface area contributed by atoms with Gasteiger partial charge in [-0.1, -0.05) is 64.7 Å². The van der Waals surface area contributed by atoms with Crippen molar-refractivity contribution < 1.29 is 21.7 Å². The van der Waals surface area contributed by atoms with Crippen molar-refractivity contribution in [2.75, 3.05) is 0 Å². The minimum Gasteiger partial charge on any atom is -0.273 e. The van der Waals surface area contributed by atoms with Gasteiger partial charge in [0, 0.05) is 0 Å². The smallest absolute Gasteiger partial charge is 0.273 e. The van der Waals surface area contributed by atoms with Gasteiger partial charge in [-0.05, 0) is 0 Å². The van der Waals surface area contributed by atoms with Crippen LogP contribution >= 0.6 is 33.0 Å². The fraction of sp³-hybridized carbons (Fsp3) is 0.0476. The molecule has 0 saturated heterocycles. The van der Waals surface area contributed by atoms with Gasteiger partial charge in [0.2, 0.25) is 0 Å². The van der Waals surface area contributed by atoms with Gasteiger partial charge in [0.1, 0.15) is 0 Å².